The zero-order chi connectivity index (χ0) is 19.2. The van der Waals surface area contributed by atoms with Crippen LogP contribution in [0, 0.1) is 0 Å². The molecule has 3 rings (SSSR count). The maximum absolute atomic E-state index is 11.4. The second-order valence-electron chi connectivity index (χ2n) is 9.60. The van der Waals surface area contributed by atoms with Gasteiger partial charge in [-0.1, -0.05) is 39.0 Å². The molecule has 1 aromatic carbocycles. The summed E-state index contributed by atoms with van der Waals surface area (Å²) in [7, 11) is 0.111. The molecule has 1 unspecified atom stereocenters. The molecule has 0 saturated carbocycles. The molecule has 1 N–H and O–H groups in total. The second kappa shape index (κ2) is 6.81. The van der Waals surface area contributed by atoms with Crippen molar-refractivity contribution in [2.24, 2.45) is 0 Å². The Labute approximate surface area is 160 Å². The van der Waals surface area contributed by atoms with Crippen LogP contribution in [0.15, 0.2) is 18.2 Å². The number of hydrogen-bond donors (Lipinski definition) is 1. The molecular formula is C22H35NO2Si. The van der Waals surface area contributed by atoms with E-state index in [1.807, 2.05) is 11.9 Å². The highest BCUT2D eigenvalue weighted by Gasteiger charge is 2.44. The van der Waals surface area contributed by atoms with E-state index in [2.05, 4.69) is 58.2 Å². The summed E-state index contributed by atoms with van der Waals surface area (Å²) in [4.78, 5) is 2.03. The van der Waals surface area contributed by atoms with E-state index >= 15 is 0 Å². The van der Waals surface area contributed by atoms with Gasteiger partial charge in [0, 0.05) is 19.2 Å². The van der Waals surface area contributed by atoms with Crippen LogP contribution < -0.4 is 4.90 Å². The van der Waals surface area contributed by atoms with Crippen LogP contribution in [-0.2, 0) is 17.3 Å². The lowest BCUT2D eigenvalue weighted by atomic mass is 9.94. The Balaban J connectivity index is 1.84. The van der Waals surface area contributed by atoms with E-state index in [-0.39, 0.29) is 5.04 Å². The van der Waals surface area contributed by atoms with Gasteiger partial charge in [-0.15, -0.1) is 0 Å². The van der Waals surface area contributed by atoms with Gasteiger partial charge in [0.1, 0.15) is 0 Å². The number of allylic oxidation sites excluding steroid dienone is 1. The van der Waals surface area contributed by atoms with Crippen molar-refractivity contribution in [2.75, 3.05) is 18.6 Å². The maximum Gasteiger partial charge on any atom is 0.192 e. The molecule has 3 nitrogen and oxygen atoms in total. The van der Waals surface area contributed by atoms with E-state index in [1.54, 1.807) is 0 Å². The van der Waals surface area contributed by atoms with Gasteiger partial charge in [0.25, 0.3) is 0 Å². The van der Waals surface area contributed by atoms with Crippen molar-refractivity contribution in [1.29, 1.82) is 0 Å². The topological polar surface area (TPSA) is 32.7 Å². The third kappa shape index (κ3) is 3.64. The minimum Gasteiger partial charge on any atom is -0.412 e. The van der Waals surface area contributed by atoms with Crippen LogP contribution in [0.1, 0.15) is 56.7 Å². The first-order chi connectivity index (χ1) is 12.0. The Morgan fingerprint density at radius 1 is 1.19 bits per heavy atom. The van der Waals surface area contributed by atoms with Gasteiger partial charge in [0.2, 0.25) is 0 Å². The van der Waals surface area contributed by atoms with Gasteiger partial charge in [-0.2, -0.15) is 0 Å². The SMILES string of the molecule is CN1c2cc3c(cc2CC1(O)CO[Si](C)(C)C(C)(C)C)CCCCC=C3. The Morgan fingerprint density at radius 3 is 2.62 bits per heavy atom. The lowest BCUT2D eigenvalue weighted by molar-refractivity contribution is -0.000667. The molecule has 1 atom stereocenters. The molecule has 1 aliphatic heterocycles. The van der Waals surface area contributed by atoms with Crippen LogP contribution in [0.5, 0.6) is 0 Å². The van der Waals surface area contributed by atoms with E-state index in [0.29, 0.717) is 13.0 Å². The number of hydrogen-bond acceptors (Lipinski definition) is 3. The number of likely N-dealkylation sites (N-methyl/N-ethyl adjacent to an activating group) is 1. The molecule has 0 radical (unpaired) electrons. The van der Waals surface area contributed by atoms with Crippen LogP contribution in [0.25, 0.3) is 6.08 Å². The Bertz CT molecular complexity index is 705. The number of aryl methyl sites for hydroxylation is 1. The summed E-state index contributed by atoms with van der Waals surface area (Å²) in [6, 6.07) is 4.58. The molecule has 2 aliphatic rings. The molecule has 0 spiro atoms. The molecule has 0 bridgehead atoms. The first-order valence-corrected chi connectivity index (χ1v) is 12.9. The van der Waals surface area contributed by atoms with Crippen molar-refractivity contribution in [1.82, 2.24) is 0 Å². The zero-order valence-electron chi connectivity index (χ0n) is 17.4. The minimum absolute atomic E-state index is 0.147. The highest BCUT2D eigenvalue weighted by atomic mass is 28.4. The van der Waals surface area contributed by atoms with E-state index in [0.717, 1.165) is 18.5 Å². The fraction of sp³-hybridized carbons (Fsp3) is 0.636. The number of fused-ring (bicyclic) bond motifs is 2. The van der Waals surface area contributed by atoms with Gasteiger partial charge >= 0.3 is 0 Å². The summed E-state index contributed by atoms with van der Waals surface area (Å²) in [5.41, 5.74) is 4.18. The lowest BCUT2D eigenvalue weighted by Gasteiger charge is -2.40. The molecule has 4 heteroatoms. The molecule has 0 amide bonds. The predicted octanol–water partition coefficient (Wildman–Crippen LogP) is 5.13. The van der Waals surface area contributed by atoms with Gasteiger partial charge in [-0.3, -0.25) is 0 Å². The third-order valence-corrected chi connectivity index (χ3v) is 11.1. The third-order valence-electron chi connectivity index (χ3n) is 6.63. The summed E-state index contributed by atoms with van der Waals surface area (Å²) < 4.78 is 6.38. The molecule has 0 aromatic heterocycles. The van der Waals surface area contributed by atoms with Crippen molar-refractivity contribution in [3.05, 3.63) is 34.9 Å². The van der Waals surface area contributed by atoms with Gasteiger partial charge in [-0.05, 0) is 66.6 Å². The van der Waals surface area contributed by atoms with Crippen molar-refractivity contribution in [3.8, 4) is 0 Å². The number of anilines is 1. The Morgan fingerprint density at radius 2 is 1.92 bits per heavy atom. The first-order valence-electron chi connectivity index (χ1n) is 9.96. The summed E-state index contributed by atoms with van der Waals surface area (Å²) in [5.74, 6) is 0. The standard InChI is InChI=1S/C22H35NO2Si/c1-21(2,3)26(5,6)25-16-22(24)15-19-13-17-11-9-7-8-10-12-18(17)14-20(19)23(22)4/h10,12-14,24H,7-9,11,15-16H2,1-6H3. The lowest BCUT2D eigenvalue weighted by Crippen LogP contribution is -2.52. The van der Waals surface area contributed by atoms with Gasteiger partial charge < -0.3 is 14.4 Å². The summed E-state index contributed by atoms with van der Waals surface area (Å²) in [6.45, 7) is 11.6. The minimum atomic E-state index is -1.89. The van der Waals surface area contributed by atoms with Crippen LogP contribution in [-0.4, -0.2) is 32.8 Å². The molecule has 1 aromatic rings. The molecular weight excluding hydrogens is 338 g/mol. The van der Waals surface area contributed by atoms with Crippen LogP contribution >= 0.6 is 0 Å². The van der Waals surface area contributed by atoms with Crippen molar-refractivity contribution >= 4 is 20.1 Å². The highest BCUT2D eigenvalue weighted by Crippen LogP contribution is 2.42. The van der Waals surface area contributed by atoms with Crippen molar-refractivity contribution in [3.63, 3.8) is 0 Å². The van der Waals surface area contributed by atoms with Crippen molar-refractivity contribution in [2.45, 2.75) is 76.7 Å². The van der Waals surface area contributed by atoms with Gasteiger partial charge in [0.05, 0.1) is 6.61 Å². The fourth-order valence-electron chi connectivity index (χ4n) is 3.62. The van der Waals surface area contributed by atoms with Crippen LogP contribution in [0.2, 0.25) is 18.1 Å². The quantitative estimate of drug-likeness (QED) is 0.746. The van der Waals surface area contributed by atoms with Crippen LogP contribution in [0.4, 0.5) is 5.69 Å². The highest BCUT2D eigenvalue weighted by molar-refractivity contribution is 6.74. The van der Waals surface area contributed by atoms with Crippen molar-refractivity contribution < 1.29 is 9.53 Å². The van der Waals surface area contributed by atoms with Crippen LogP contribution in [0.3, 0.4) is 0 Å². The zero-order valence-corrected chi connectivity index (χ0v) is 18.4. The monoisotopic (exact) mass is 373 g/mol. The molecule has 26 heavy (non-hydrogen) atoms. The summed E-state index contributed by atoms with van der Waals surface area (Å²) >= 11 is 0. The van der Waals surface area contributed by atoms with Gasteiger partial charge in [-0.25, -0.2) is 0 Å². The summed E-state index contributed by atoms with van der Waals surface area (Å²) in [5, 5.41) is 11.5. The summed E-state index contributed by atoms with van der Waals surface area (Å²) in [6.07, 6.45) is 9.98. The molecule has 1 heterocycles. The number of aliphatic hydroxyl groups is 1. The molecule has 1 aliphatic carbocycles. The average Bonchev–Trinajstić information content (AvgIpc) is 2.76. The smallest absolute Gasteiger partial charge is 0.192 e. The molecule has 0 saturated heterocycles. The fourth-order valence-corrected chi connectivity index (χ4v) is 4.65. The second-order valence-corrected chi connectivity index (χ2v) is 14.4. The largest absolute Gasteiger partial charge is 0.412 e. The number of benzene rings is 1. The van der Waals surface area contributed by atoms with E-state index in [9.17, 15) is 5.11 Å². The predicted molar refractivity (Wildman–Crippen MR) is 113 cm³/mol. The maximum atomic E-state index is 11.4. The van der Waals surface area contributed by atoms with E-state index in [1.165, 1.54) is 29.5 Å². The van der Waals surface area contributed by atoms with Gasteiger partial charge in [0.15, 0.2) is 14.0 Å². The first kappa shape index (κ1) is 19.7. The molecule has 144 valence electrons. The normalized spacial score (nSPS) is 23.4. The average molecular weight is 374 g/mol. The molecule has 0 fully saturated rings. The Kier molecular flexibility index (Phi) is 5.15. The number of rotatable bonds is 3. The Hall–Kier alpha value is -1.10. The van der Waals surface area contributed by atoms with E-state index < -0.39 is 14.0 Å². The van der Waals surface area contributed by atoms with E-state index in [4.69, 9.17) is 4.43 Å². The number of nitrogens with zero attached hydrogens (tertiary/aromatic N) is 1.